The van der Waals surface area contributed by atoms with E-state index in [-0.39, 0.29) is 11.7 Å². The summed E-state index contributed by atoms with van der Waals surface area (Å²) in [6.45, 7) is 4.20. The fraction of sp³-hybridized carbons (Fsp3) is 0.727. The van der Waals surface area contributed by atoms with Gasteiger partial charge in [-0.1, -0.05) is 31.9 Å². The number of carbonyl (C=O) groups excluding carboxylic acids is 1. The Morgan fingerprint density at radius 3 is 2.73 bits per heavy atom. The van der Waals surface area contributed by atoms with Gasteiger partial charge in [-0.3, -0.25) is 4.79 Å². The molecule has 0 fully saturated rings. The number of rotatable bonds is 6. The van der Waals surface area contributed by atoms with Crippen molar-refractivity contribution in [3.8, 4) is 0 Å². The molecule has 0 saturated heterocycles. The minimum Gasteiger partial charge on any atom is -0.292 e. The Hall–Kier alpha value is -1.19. The molecule has 0 aromatic carbocycles. The first-order valence-corrected chi connectivity index (χ1v) is 5.59. The van der Waals surface area contributed by atoms with E-state index >= 15 is 0 Å². The zero-order valence-electron chi connectivity index (χ0n) is 9.73. The lowest BCUT2D eigenvalue weighted by atomic mass is 9.93. The molecule has 1 rings (SSSR count). The molecule has 4 nitrogen and oxygen atoms in total. The number of Topliss-reactive ketones (excluding diaryl/α,β-unsaturated/α-hetero) is 1. The molecule has 0 N–H and O–H groups in total. The highest BCUT2D eigenvalue weighted by Crippen LogP contribution is 2.17. The number of aromatic nitrogens is 3. The predicted octanol–water partition coefficient (Wildman–Crippen LogP) is 2.21. The summed E-state index contributed by atoms with van der Waals surface area (Å²) in [4.78, 5) is 12.1. The highest BCUT2D eigenvalue weighted by atomic mass is 16.1. The maximum Gasteiger partial charge on any atom is 0.185 e. The molecular formula is C11H19N3O. The summed E-state index contributed by atoms with van der Waals surface area (Å²) in [5, 5.41) is 7.51. The fourth-order valence-electron chi connectivity index (χ4n) is 1.69. The van der Waals surface area contributed by atoms with Crippen LogP contribution in [0.4, 0.5) is 0 Å². The van der Waals surface area contributed by atoms with Crippen molar-refractivity contribution in [1.29, 1.82) is 0 Å². The normalized spacial score (nSPS) is 12.7. The molecule has 84 valence electrons. The molecule has 0 aliphatic heterocycles. The van der Waals surface area contributed by atoms with Crippen molar-refractivity contribution in [2.24, 2.45) is 13.0 Å². The van der Waals surface area contributed by atoms with E-state index in [0.29, 0.717) is 5.69 Å². The lowest BCUT2D eigenvalue weighted by Crippen LogP contribution is -2.17. The van der Waals surface area contributed by atoms with Crippen LogP contribution in [0.15, 0.2) is 6.20 Å². The summed E-state index contributed by atoms with van der Waals surface area (Å²) in [6.07, 6.45) is 5.65. The summed E-state index contributed by atoms with van der Waals surface area (Å²) in [5.74, 6) is 0.306. The Labute approximate surface area is 90.7 Å². The second-order valence-corrected chi connectivity index (χ2v) is 3.85. The second-order valence-electron chi connectivity index (χ2n) is 3.85. The highest BCUT2D eigenvalue weighted by Gasteiger charge is 2.20. The minimum absolute atomic E-state index is 0.127. The topological polar surface area (TPSA) is 47.8 Å². The molecule has 1 atom stereocenters. The van der Waals surface area contributed by atoms with E-state index in [1.54, 1.807) is 17.9 Å². The first-order chi connectivity index (χ1) is 7.20. The maximum atomic E-state index is 12.1. The van der Waals surface area contributed by atoms with Crippen LogP contribution in [0.5, 0.6) is 0 Å². The zero-order valence-corrected chi connectivity index (χ0v) is 9.73. The Kier molecular flexibility index (Phi) is 4.46. The second kappa shape index (κ2) is 5.63. The van der Waals surface area contributed by atoms with E-state index in [1.165, 1.54) is 0 Å². The summed E-state index contributed by atoms with van der Waals surface area (Å²) >= 11 is 0. The molecule has 15 heavy (non-hydrogen) atoms. The minimum atomic E-state index is 0.127. The zero-order chi connectivity index (χ0) is 11.3. The third kappa shape index (κ3) is 2.88. The van der Waals surface area contributed by atoms with Gasteiger partial charge in [-0.25, -0.2) is 4.68 Å². The first kappa shape index (κ1) is 11.9. The summed E-state index contributed by atoms with van der Waals surface area (Å²) < 4.78 is 1.55. The Balaban J connectivity index is 2.69. The predicted molar refractivity (Wildman–Crippen MR) is 58.6 cm³/mol. The Bertz CT molecular complexity index is 319. The standard InChI is InChI=1S/C11H19N3O/c1-4-6-7-9(5-2)11(15)10-8-12-13-14(10)3/h8-9H,4-7H2,1-3H3. The van der Waals surface area contributed by atoms with Crippen LogP contribution >= 0.6 is 0 Å². The van der Waals surface area contributed by atoms with Gasteiger partial charge in [0.1, 0.15) is 5.69 Å². The van der Waals surface area contributed by atoms with E-state index in [9.17, 15) is 4.79 Å². The largest absolute Gasteiger partial charge is 0.292 e. The van der Waals surface area contributed by atoms with Gasteiger partial charge < -0.3 is 0 Å². The molecule has 0 aliphatic rings. The van der Waals surface area contributed by atoms with Crippen LogP contribution in [0.3, 0.4) is 0 Å². The van der Waals surface area contributed by atoms with Crippen molar-refractivity contribution in [1.82, 2.24) is 15.0 Å². The van der Waals surface area contributed by atoms with Crippen LogP contribution < -0.4 is 0 Å². The first-order valence-electron chi connectivity index (χ1n) is 5.59. The van der Waals surface area contributed by atoms with Crippen molar-refractivity contribution < 1.29 is 4.79 Å². The van der Waals surface area contributed by atoms with Crippen LogP contribution in [-0.4, -0.2) is 20.8 Å². The molecule has 0 amide bonds. The third-order valence-corrected chi connectivity index (χ3v) is 2.74. The van der Waals surface area contributed by atoms with Crippen LogP contribution in [0.2, 0.25) is 0 Å². The van der Waals surface area contributed by atoms with Gasteiger partial charge in [0.05, 0.1) is 6.20 Å². The molecule has 1 heterocycles. The molecule has 4 heteroatoms. The summed E-state index contributed by atoms with van der Waals surface area (Å²) in [5.41, 5.74) is 0.623. The number of hydrogen-bond acceptors (Lipinski definition) is 3. The lowest BCUT2D eigenvalue weighted by molar-refractivity contribution is 0.0898. The monoisotopic (exact) mass is 209 g/mol. The number of hydrogen-bond donors (Lipinski definition) is 0. The molecule has 0 bridgehead atoms. The van der Waals surface area contributed by atoms with Crippen molar-refractivity contribution in [2.75, 3.05) is 0 Å². The van der Waals surface area contributed by atoms with E-state index < -0.39 is 0 Å². The SMILES string of the molecule is CCCCC(CC)C(=O)c1cnnn1C. The van der Waals surface area contributed by atoms with E-state index in [2.05, 4.69) is 24.2 Å². The number of nitrogens with zero attached hydrogens (tertiary/aromatic N) is 3. The van der Waals surface area contributed by atoms with Crippen molar-refractivity contribution in [3.05, 3.63) is 11.9 Å². The summed E-state index contributed by atoms with van der Waals surface area (Å²) in [7, 11) is 1.76. The van der Waals surface area contributed by atoms with Crippen molar-refractivity contribution in [3.63, 3.8) is 0 Å². The molecule has 1 aromatic rings. The van der Waals surface area contributed by atoms with Gasteiger partial charge in [0.25, 0.3) is 0 Å². The Morgan fingerprint density at radius 2 is 2.27 bits per heavy atom. The molecular weight excluding hydrogens is 190 g/mol. The third-order valence-electron chi connectivity index (χ3n) is 2.74. The quantitative estimate of drug-likeness (QED) is 0.675. The van der Waals surface area contributed by atoms with Crippen molar-refractivity contribution in [2.45, 2.75) is 39.5 Å². The molecule has 0 spiro atoms. The van der Waals surface area contributed by atoms with E-state index in [0.717, 1.165) is 25.7 Å². The molecule has 1 unspecified atom stereocenters. The van der Waals surface area contributed by atoms with Gasteiger partial charge in [-0.2, -0.15) is 0 Å². The Morgan fingerprint density at radius 1 is 1.53 bits per heavy atom. The molecule has 0 radical (unpaired) electrons. The van der Waals surface area contributed by atoms with Gasteiger partial charge in [0.2, 0.25) is 0 Å². The molecule has 0 aliphatic carbocycles. The van der Waals surface area contributed by atoms with Gasteiger partial charge in [-0.05, 0) is 12.8 Å². The van der Waals surface area contributed by atoms with E-state index in [4.69, 9.17) is 0 Å². The van der Waals surface area contributed by atoms with Gasteiger partial charge >= 0.3 is 0 Å². The van der Waals surface area contributed by atoms with Gasteiger partial charge in [0, 0.05) is 13.0 Å². The summed E-state index contributed by atoms with van der Waals surface area (Å²) in [6, 6.07) is 0. The van der Waals surface area contributed by atoms with Gasteiger partial charge in [-0.15, -0.1) is 5.10 Å². The van der Waals surface area contributed by atoms with Crippen LogP contribution in [-0.2, 0) is 7.05 Å². The fourth-order valence-corrected chi connectivity index (χ4v) is 1.69. The lowest BCUT2D eigenvalue weighted by Gasteiger charge is -2.12. The van der Waals surface area contributed by atoms with Crippen LogP contribution in [0.25, 0.3) is 0 Å². The number of ketones is 1. The number of aryl methyl sites for hydroxylation is 1. The molecule has 0 saturated carbocycles. The van der Waals surface area contributed by atoms with Crippen LogP contribution in [0.1, 0.15) is 50.0 Å². The average Bonchev–Trinajstić information content (AvgIpc) is 2.65. The van der Waals surface area contributed by atoms with Gasteiger partial charge in [0.15, 0.2) is 5.78 Å². The smallest absolute Gasteiger partial charge is 0.185 e. The van der Waals surface area contributed by atoms with E-state index in [1.807, 2.05) is 0 Å². The highest BCUT2D eigenvalue weighted by molar-refractivity contribution is 5.95. The number of carbonyl (C=O) groups is 1. The van der Waals surface area contributed by atoms with Crippen molar-refractivity contribution >= 4 is 5.78 Å². The molecule has 1 aromatic heterocycles. The van der Waals surface area contributed by atoms with Crippen LogP contribution in [0, 0.1) is 5.92 Å². The average molecular weight is 209 g/mol. The number of unbranched alkanes of at least 4 members (excludes halogenated alkanes) is 1. The maximum absolute atomic E-state index is 12.1.